The van der Waals surface area contributed by atoms with E-state index in [1.807, 2.05) is 15.7 Å². The van der Waals surface area contributed by atoms with Crippen molar-refractivity contribution < 1.29 is 19.4 Å². The third-order valence-corrected chi connectivity index (χ3v) is 6.19. The first-order chi connectivity index (χ1) is 14.5. The molecular formula is C22H28N4O4. The number of likely N-dealkylation sites (tertiary alicyclic amines) is 1. The van der Waals surface area contributed by atoms with E-state index in [2.05, 4.69) is 10.3 Å². The Morgan fingerprint density at radius 2 is 1.93 bits per heavy atom. The van der Waals surface area contributed by atoms with Crippen LogP contribution in [0.4, 0.5) is 5.69 Å². The van der Waals surface area contributed by atoms with Crippen LogP contribution in [0.15, 0.2) is 43.0 Å². The van der Waals surface area contributed by atoms with Gasteiger partial charge in [-0.2, -0.15) is 0 Å². The number of amides is 2. The SMILES string of the molecule is CCC(=O)Nc1ccc(OCC(=O)N2C[C@H]3C[C@@H](n4ccnc4)[C@H](O)C[C@H]3C2)cc1. The summed E-state index contributed by atoms with van der Waals surface area (Å²) < 4.78 is 7.63. The fourth-order valence-electron chi connectivity index (χ4n) is 4.52. The Labute approximate surface area is 175 Å². The van der Waals surface area contributed by atoms with E-state index in [1.54, 1.807) is 43.7 Å². The molecule has 1 aromatic heterocycles. The van der Waals surface area contributed by atoms with Crippen LogP contribution in [0.2, 0.25) is 0 Å². The van der Waals surface area contributed by atoms with Crippen LogP contribution < -0.4 is 10.1 Å². The lowest BCUT2D eigenvalue weighted by molar-refractivity contribution is -0.132. The first-order valence-corrected chi connectivity index (χ1v) is 10.5. The molecule has 2 amide bonds. The van der Waals surface area contributed by atoms with Crippen LogP contribution >= 0.6 is 0 Å². The molecule has 1 saturated heterocycles. The van der Waals surface area contributed by atoms with Gasteiger partial charge in [-0.3, -0.25) is 9.59 Å². The lowest BCUT2D eigenvalue weighted by Crippen LogP contribution is -2.35. The summed E-state index contributed by atoms with van der Waals surface area (Å²) in [4.78, 5) is 30.0. The number of ether oxygens (including phenoxy) is 1. The van der Waals surface area contributed by atoms with Gasteiger partial charge in [-0.25, -0.2) is 4.98 Å². The summed E-state index contributed by atoms with van der Waals surface area (Å²) in [5.41, 5.74) is 0.704. The lowest BCUT2D eigenvalue weighted by atomic mass is 9.77. The average molecular weight is 412 g/mol. The molecule has 4 rings (SSSR count). The summed E-state index contributed by atoms with van der Waals surface area (Å²) in [7, 11) is 0. The number of benzene rings is 1. The molecule has 30 heavy (non-hydrogen) atoms. The smallest absolute Gasteiger partial charge is 0.260 e. The summed E-state index contributed by atoms with van der Waals surface area (Å²) in [6, 6.07) is 7.03. The quantitative estimate of drug-likeness (QED) is 0.757. The minimum Gasteiger partial charge on any atom is -0.484 e. The number of imidazole rings is 1. The molecule has 1 aliphatic heterocycles. The van der Waals surface area contributed by atoms with Gasteiger partial charge in [0.25, 0.3) is 5.91 Å². The molecule has 0 bridgehead atoms. The Bertz CT molecular complexity index is 868. The molecule has 2 aliphatic rings. The molecule has 8 nitrogen and oxygen atoms in total. The fourth-order valence-corrected chi connectivity index (χ4v) is 4.52. The van der Waals surface area contributed by atoms with Crippen molar-refractivity contribution >= 4 is 17.5 Å². The highest BCUT2D eigenvalue weighted by molar-refractivity contribution is 5.90. The minimum atomic E-state index is -0.418. The Morgan fingerprint density at radius 1 is 1.20 bits per heavy atom. The number of fused-ring (bicyclic) bond motifs is 1. The molecule has 1 saturated carbocycles. The Hall–Kier alpha value is -2.87. The second-order valence-electron chi connectivity index (χ2n) is 8.15. The predicted octanol–water partition coefficient (Wildman–Crippen LogP) is 2.08. The molecule has 2 heterocycles. The molecule has 1 aliphatic carbocycles. The average Bonchev–Trinajstić information content (AvgIpc) is 3.42. The maximum absolute atomic E-state index is 12.7. The van der Waals surface area contributed by atoms with Crippen molar-refractivity contribution in [2.45, 2.75) is 38.3 Å². The molecule has 8 heteroatoms. The number of anilines is 1. The number of hydrogen-bond acceptors (Lipinski definition) is 5. The van der Waals surface area contributed by atoms with Gasteiger partial charge in [0, 0.05) is 37.6 Å². The zero-order chi connectivity index (χ0) is 21.1. The number of aliphatic hydroxyl groups excluding tert-OH is 1. The van der Waals surface area contributed by atoms with Crippen molar-refractivity contribution in [1.29, 1.82) is 0 Å². The number of carbonyl (C=O) groups excluding carboxylic acids is 2. The van der Waals surface area contributed by atoms with E-state index in [-0.39, 0.29) is 24.5 Å². The van der Waals surface area contributed by atoms with Crippen molar-refractivity contribution in [2.24, 2.45) is 11.8 Å². The van der Waals surface area contributed by atoms with E-state index < -0.39 is 6.10 Å². The maximum Gasteiger partial charge on any atom is 0.260 e. The van der Waals surface area contributed by atoms with Crippen molar-refractivity contribution in [3.63, 3.8) is 0 Å². The summed E-state index contributed by atoms with van der Waals surface area (Å²) in [6.45, 7) is 3.15. The van der Waals surface area contributed by atoms with Crippen LogP contribution in [0.5, 0.6) is 5.75 Å². The van der Waals surface area contributed by atoms with Gasteiger partial charge in [-0.05, 0) is 48.9 Å². The van der Waals surface area contributed by atoms with Gasteiger partial charge in [0.05, 0.1) is 18.5 Å². The number of rotatable bonds is 6. The summed E-state index contributed by atoms with van der Waals surface area (Å²) in [5, 5.41) is 13.3. The molecule has 4 atom stereocenters. The van der Waals surface area contributed by atoms with Crippen LogP contribution in [-0.2, 0) is 9.59 Å². The topological polar surface area (TPSA) is 96.7 Å². The van der Waals surface area contributed by atoms with E-state index in [1.165, 1.54) is 0 Å². The van der Waals surface area contributed by atoms with Crippen LogP contribution in [0, 0.1) is 11.8 Å². The van der Waals surface area contributed by atoms with E-state index in [0.717, 1.165) is 6.42 Å². The third kappa shape index (κ3) is 4.48. The molecule has 2 aromatic rings. The molecule has 0 radical (unpaired) electrons. The monoisotopic (exact) mass is 412 g/mol. The summed E-state index contributed by atoms with van der Waals surface area (Å²) >= 11 is 0. The molecule has 0 spiro atoms. The van der Waals surface area contributed by atoms with Gasteiger partial charge in [0.15, 0.2) is 6.61 Å². The number of carbonyl (C=O) groups is 2. The number of nitrogens with zero attached hydrogens (tertiary/aromatic N) is 3. The van der Waals surface area contributed by atoms with Gasteiger partial charge in [0.1, 0.15) is 5.75 Å². The number of aromatic nitrogens is 2. The van der Waals surface area contributed by atoms with Gasteiger partial charge >= 0.3 is 0 Å². The van der Waals surface area contributed by atoms with E-state index >= 15 is 0 Å². The second kappa shape index (κ2) is 8.87. The molecular weight excluding hydrogens is 384 g/mol. The van der Waals surface area contributed by atoms with Crippen molar-refractivity contribution in [3.8, 4) is 5.75 Å². The first kappa shape index (κ1) is 20.4. The molecule has 2 fully saturated rings. The number of hydrogen-bond donors (Lipinski definition) is 2. The highest BCUT2D eigenvalue weighted by Crippen LogP contribution is 2.41. The zero-order valence-corrected chi connectivity index (χ0v) is 17.1. The van der Waals surface area contributed by atoms with Crippen molar-refractivity contribution in [3.05, 3.63) is 43.0 Å². The molecule has 0 unspecified atom stereocenters. The Balaban J connectivity index is 1.28. The largest absolute Gasteiger partial charge is 0.484 e. The van der Waals surface area contributed by atoms with Gasteiger partial charge in [-0.1, -0.05) is 6.92 Å². The second-order valence-corrected chi connectivity index (χ2v) is 8.15. The van der Waals surface area contributed by atoms with E-state index in [4.69, 9.17) is 4.74 Å². The number of aliphatic hydroxyl groups is 1. The molecule has 160 valence electrons. The van der Waals surface area contributed by atoms with Crippen LogP contribution in [-0.4, -0.2) is 57.2 Å². The summed E-state index contributed by atoms with van der Waals surface area (Å²) in [6.07, 6.45) is 6.91. The minimum absolute atomic E-state index is 0.0202. The molecule has 2 N–H and O–H groups in total. The van der Waals surface area contributed by atoms with E-state index in [9.17, 15) is 14.7 Å². The predicted molar refractivity (Wildman–Crippen MR) is 111 cm³/mol. The fraction of sp³-hybridized carbons (Fsp3) is 0.500. The van der Waals surface area contributed by atoms with Crippen molar-refractivity contribution in [1.82, 2.24) is 14.5 Å². The van der Waals surface area contributed by atoms with Crippen molar-refractivity contribution in [2.75, 3.05) is 25.0 Å². The third-order valence-electron chi connectivity index (χ3n) is 6.19. The van der Waals surface area contributed by atoms with Gasteiger partial charge in [0.2, 0.25) is 5.91 Å². The number of nitrogens with one attached hydrogen (secondary N) is 1. The lowest BCUT2D eigenvalue weighted by Gasteiger charge is -2.35. The highest BCUT2D eigenvalue weighted by atomic mass is 16.5. The highest BCUT2D eigenvalue weighted by Gasteiger charge is 2.43. The van der Waals surface area contributed by atoms with E-state index in [0.29, 0.717) is 49.2 Å². The van der Waals surface area contributed by atoms with Crippen LogP contribution in [0.1, 0.15) is 32.2 Å². The molecule has 1 aromatic carbocycles. The Morgan fingerprint density at radius 3 is 2.60 bits per heavy atom. The maximum atomic E-state index is 12.7. The summed E-state index contributed by atoms with van der Waals surface area (Å²) in [5.74, 6) is 1.21. The zero-order valence-electron chi connectivity index (χ0n) is 17.1. The van der Waals surface area contributed by atoms with Crippen LogP contribution in [0.25, 0.3) is 0 Å². The first-order valence-electron chi connectivity index (χ1n) is 10.5. The van der Waals surface area contributed by atoms with Gasteiger partial charge < -0.3 is 24.6 Å². The van der Waals surface area contributed by atoms with Crippen LogP contribution in [0.3, 0.4) is 0 Å². The normalized spacial score (nSPS) is 25.6. The Kier molecular flexibility index (Phi) is 6.03. The van der Waals surface area contributed by atoms with Gasteiger partial charge in [-0.15, -0.1) is 0 Å². The standard InChI is InChI=1S/C22H28N4O4/c1-2-21(28)24-17-3-5-18(6-4-17)30-13-22(29)26-11-15-9-19(25-8-7-23-14-25)20(27)10-16(15)12-26/h3-8,14-16,19-20,27H,2,9-13H2,1H3,(H,24,28)/t15-,16+,19-,20-/m1/s1.